The number of urea groups is 1. The van der Waals surface area contributed by atoms with Gasteiger partial charge in [0.2, 0.25) is 5.89 Å². The number of piperidine rings is 1. The van der Waals surface area contributed by atoms with Crippen molar-refractivity contribution in [2.45, 2.75) is 26.2 Å². The lowest BCUT2D eigenvalue weighted by atomic mass is 9.80. The van der Waals surface area contributed by atoms with Crippen molar-refractivity contribution in [3.05, 3.63) is 12.2 Å². The van der Waals surface area contributed by atoms with Crippen LogP contribution in [-0.2, 0) is 11.2 Å². The highest BCUT2D eigenvalue weighted by molar-refractivity contribution is 5.76. The Morgan fingerprint density at radius 2 is 2.20 bits per heavy atom. The van der Waals surface area contributed by atoms with Crippen LogP contribution in [-0.4, -0.2) is 51.8 Å². The fourth-order valence-corrected chi connectivity index (χ4v) is 2.11. The number of carbonyl (C=O) groups is 2. The molecule has 2 rings (SSSR count). The number of rotatable bonds is 4. The molecule has 0 spiro atoms. The smallest absolute Gasteiger partial charge is 0.317 e. The van der Waals surface area contributed by atoms with Gasteiger partial charge < -0.3 is 19.8 Å². The molecule has 2 amide bonds. The monoisotopic (exact) mass is 282 g/mol. The van der Waals surface area contributed by atoms with Crippen molar-refractivity contribution in [2.75, 3.05) is 19.6 Å². The lowest BCUT2D eigenvalue weighted by molar-refractivity contribution is -0.150. The predicted molar refractivity (Wildman–Crippen MR) is 68.0 cm³/mol. The lowest BCUT2D eigenvalue weighted by Gasteiger charge is -2.36. The normalized spacial score (nSPS) is 17.8. The quantitative estimate of drug-likeness (QED) is 0.832. The highest BCUT2D eigenvalue weighted by Crippen LogP contribution is 2.30. The third kappa shape index (κ3) is 3.25. The standard InChI is InChI=1S/C12H18N4O4/c1-12(10(17)18)3-6-16(7-4-12)11(19)13-5-2-9-14-8-15-20-9/h8H,2-7H2,1H3,(H,13,19)(H,17,18). The Kier molecular flexibility index (Phi) is 4.21. The molecule has 1 aromatic rings. The van der Waals surface area contributed by atoms with Gasteiger partial charge >= 0.3 is 12.0 Å². The van der Waals surface area contributed by atoms with Crippen molar-refractivity contribution < 1.29 is 19.2 Å². The molecule has 1 aliphatic rings. The van der Waals surface area contributed by atoms with E-state index in [1.54, 1.807) is 11.8 Å². The molecule has 0 bridgehead atoms. The van der Waals surface area contributed by atoms with E-state index in [1.807, 2.05) is 0 Å². The summed E-state index contributed by atoms with van der Waals surface area (Å²) >= 11 is 0. The van der Waals surface area contributed by atoms with Crippen molar-refractivity contribution in [3.63, 3.8) is 0 Å². The van der Waals surface area contributed by atoms with E-state index in [1.165, 1.54) is 6.33 Å². The summed E-state index contributed by atoms with van der Waals surface area (Å²) in [6.45, 7) is 3.04. The van der Waals surface area contributed by atoms with Crippen LogP contribution in [0.3, 0.4) is 0 Å². The number of amides is 2. The minimum atomic E-state index is -0.797. The van der Waals surface area contributed by atoms with Crippen LogP contribution in [0.1, 0.15) is 25.7 Å². The summed E-state index contributed by atoms with van der Waals surface area (Å²) in [5.41, 5.74) is -0.722. The molecule has 0 atom stereocenters. The molecule has 2 N–H and O–H groups in total. The van der Waals surface area contributed by atoms with E-state index < -0.39 is 11.4 Å². The lowest BCUT2D eigenvalue weighted by Crippen LogP contribution is -2.49. The van der Waals surface area contributed by atoms with E-state index in [2.05, 4.69) is 15.5 Å². The number of carboxylic acid groups (broad SMARTS) is 1. The number of nitrogens with one attached hydrogen (secondary N) is 1. The number of carbonyl (C=O) groups excluding carboxylic acids is 1. The maximum Gasteiger partial charge on any atom is 0.317 e. The molecule has 0 aromatic carbocycles. The summed E-state index contributed by atoms with van der Waals surface area (Å²) in [7, 11) is 0. The topological polar surface area (TPSA) is 109 Å². The van der Waals surface area contributed by atoms with Gasteiger partial charge in [-0.05, 0) is 19.8 Å². The van der Waals surface area contributed by atoms with E-state index in [-0.39, 0.29) is 6.03 Å². The molecule has 0 unspecified atom stereocenters. The van der Waals surface area contributed by atoms with Crippen molar-refractivity contribution in [1.29, 1.82) is 0 Å². The largest absolute Gasteiger partial charge is 0.481 e. The first-order chi connectivity index (χ1) is 9.51. The van der Waals surface area contributed by atoms with Crippen molar-refractivity contribution >= 4 is 12.0 Å². The zero-order valence-electron chi connectivity index (χ0n) is 11.3. The van der Waals surface area contributed by atoms with E-state index in [9.17, 15) is 9.59 Å². The Morgan fingerprint density at radius 3 is 2.75 bits per heavy atom. The average Bonchev–Trinajstić information content (AvgIpc) is 2.92. The van der Waals surface area contributed by atoms with Crippen LogP contribution in [0, 0.1) is 5.41 Å². The van der Waals surface area contributed by atoms with Crippen LogP contribution < -0.4 is 5.32 Å². The second-order valence-corrected chi connectivity index (χ2v) is 5.17. The molecule has 0 aliphatic carbocycles. The summed E-state index contributed by atoms with van der Waals surface area (Å²) in [6.07, 6.45) is 2.74. The molecule has 1 saturated heterocycles. The highest BCUT2D eigenvalue weighted by Gasteiger charge is 2.37. The molecule has 8 heteroatoms. The fourth-order valence-electron chi connectivity index (χ4n) is 2.11. The van der Waals surface area contributed by atoms with Gasteiger partial charge in [0, 0.05) is 26.1 Å². The molecule has 2 heterocycles. The SMILES string of the molecule is CC1(C(=O)O)CCN(C(=O)NCCc2ncno2)CC1. The van der Waals surface area contributed by atoms with Gasteiger partial charge in [0.1, 0.15) is 0 Å². The van der Waals surface area contributed by atoms with Crippen molar-refractivity contribution in [2.24, 2.45) is 5.41 Å². The minimum Gasteiger partial charge on any atom is -0.481 e. The second kappa shape index (κ2) is 5.89. The fraction of sp³-hybridized carbons (Fsp3) is 0.667. The van der Waals surface area contributed by atoms with Gasteiger partial charge in [0.15, 0.2) is 6.33 Å². The molecule has 110 valence electrons. The third-order valence-corrected chi connectivity index (χ3v) is 3.69. The second-order valence-electron chi connectivity index (χ2n) is 5.17. The molecular formula is C12H18N4O4. The van der Waals surface area contributed by atoms with Gasteiger partial charge in [0.25, 0.3) is 0 Å². The molecule has 1 fully saturated rings. The maximum absolute atomic E-state index is 11.9. The number of hydrogen-bond donors (Lipinski definition) is 2. The van der Waals surface area contributed by atoms with Gasteiger partial charge in [0.05, 0.1) is 5.41 Å². The summed E-state index contributed by atoms with van der Waals surface area (Å²) < 4.78 is 4.82. The third-order valence-electron chi connectivity index (χ3n) is 3.69. The molecular weight excluding hydrogens is 264 g/mol. The Balaban J connectivity index is 1.73. The first-order valence-electron chi connectivity index (χ1n) is 6.53. The van der Waals surface area contributed by atoms with Crippen LogP contribution in [0.4, 0.5) is 4.79 Å². The molecule has 20 heavy (non-hydrogen) atoms. The number of likely N-dealkylation sites (tertiary alicyclic amines) is 1. The van der Waals surface area contributed by atoms with Crippen LogP contribution in [0.2, 0.25) is 0 Å². The number of carboxylic acids is 1. The van der Waals surface area contributed by atoms with E-state index in [0.717, 1.165) is 0 Å². The number of hydrogen-bond acceptors (Lipinski definition) is 5. The van der Waals surface area contributed by atoms with E-state index >= 15 is 0 Å². The van der Waals surface area contributed by atoms with Gasteiger partial charge in [-0.15, -0.1) is 0 Å². The van der Waals surface area contributed by atoms with E-state index in [4.69, 9.17) is 9.63 Å². The zero-order valence-corrected chi connectivity index (χ0v) is 11.3. The predicted octanol–water partition coefficient (Wildman–Crippen LogP) is 0.508. The van der Waals surface area contributed by atoms with Crippen LogP contribution in [0.25, 0.3) is 0 Å². The molecule has 1 aromatic heterocycles. The Labute approximate surface area is 116 Å². The minimum absolute atomic E-state index is 0.183. The zero-order chi connectivity index (χ0) is 14.6. The van der Waals surface area contributed by atoms with Crippen molar-refractivity contribution in [1.82, 2.24) is 20.4 Å². The Bertz CT molecular complexity index is 466. The van der Waals surface area contributed by atoms with Gasteiger partial charge in [-0.3, -0.25) is 4.79 Å². The van der Waals surface area contributed by atoms with E-state index in [0.29, 0.717) is 44.8 Å². The molecule has 8 nitrogen and oxygen atoms in total. The number of aromatic nitrogens is 2. The van der Waals surface area contributed by atoms with Gasteiger partial charge in [-0.1, -0.05) is 5.16 Å². The maximum atomic E-state index is 11.9. The molecule has 0 radical (unpaired) electrons. The summed E-state index contributed by atoms with van der Waals surface area (Å²) in [4.78, 5) is 28.5. The van der Waals surface area contributed by atoms with Crippen LogP contribution in [0.15, 0.2) is 10.9 Å². The average molecular weight is 282 g/mol. The van der Waals surface area contributed by atoms with Crippen LogP contribution >= 0.6 is 0 Å². The summed E-state index contributed by atoms with van der Waals surface area (Å²) in [5, 5.41) is 15.4. The first kappa shape index (κ1) is 14.3. The molecule has 0 saturated carbocycles. The van der Waals surface area contributed by atoms with Crippen molar-refractivity contribution in [3.8, 4) is 0 Å². The van der Waals surface area contributed by atoms with Gasteiger partial charge in [-0.2, -0.15) is 4.98 Å². The Morgan fingerprint density at radius 1 is 1.50 bits per heavy atom. The first-order valence-corrected chi connectivity index (χ1v) is 6.53. The summed E-state index contributed by atoms with van der Waals surface area (Å²) in [5.74, 6) is -0.323. The number of nitrogens with zero attached hydrogens (tertiary/aromatic N) is 3. The highest BCUT2D eigenvalue weighted by atomic mass is 16.5. The molecule has 1 aliphatic heterocycles. The van der Waals surface area contributed by atoms with Gasteiger partial charge in [-0.25, -0.2) is 4.79 Å². The summed E-state index contributed by atoms with van der Waals surface area (Å²) in [6, 6.07) is -0.183. The van der Waals surface area contributed by atoms with Crippen LogP contribution in [0.5, 0.6) is 0 Å². The number of aliphatic carboxylic acids is 1. The Hall–Kier alpha value is -2.12.